The monoisotopic (exact) mass is 411 g/mol. The molecule has 0 aromatic heterocycles. The predicted octanol–water partition coefficient (Wildman–Crippen LogP) is 2.47. The maximum absolute atomic E-state index is 12.4. The molecule has 1 aromatic rings. The number of hydrogen-bond donors (Lipinski definition) is 2. The molecule has 126 valence electrons. The van der Waals surface area contributed by atoms with E-state index in [0.717, 1.165) is 36.9 Å². The second-order valence-electron chi connectivity index (χ2n) is 5.45. The van der Waals surface area contributed by atoms with Gasteiger partial charge in [0.25, 0.3) is 0 Å². The van der Waals surface area contributed by atoms with Crippen LogP contribution in [0.15, 0.2) is 27.6 Å². The van der Waals surface area contributed by atoms with Crippen LogP contribution >= 0.6 is 27.5 Å². The lowest BCUT2D eigenvalue weighted by molar-refractivity contribution is -0.896. The zero-order chi connectivity index (χ0) is 16.8. The van der Waals surface area contributed by atoms with Crippen LogP contribution < -0.4 is 9.62 Å². The molecular formula is C15H25BrClN2O2S+. The van der Waals surface area contributed by atoms with E-state index in [1.807, 2.05) is 6.92 Å². The quantitative estimate of drug-likeness (QED) is 0.654. The van der Waals surface area contributed by atoms with Crippen LogP contribution in [0.4, 0.5) is 0 Å². The van der Waals surface area contributed by atoms with Crippen molar-refractivity contribution >= 4 is 37.6 Å². The highest BCUT2D eigenvalue weighted by atomic mass is 79.9. The highest BCUT2D eigenvalue weighted by Crippen LogP contribution is 2.25. The Bertz CT molecular complexity index is 577. The fourth-order valence-corrected chi connectivity index (χ4v) is 4.66. The van der Waals surface area contributed by atoms with E-state index >= 15 is 0 Å². The van der Waals surface area contributed by atoms with Crippen LogP contribution in [0.1, 0.15) is 33.6 Å². The predicted molar refractivity (Wildman–Crippen MR) is 95.1 cm³/mol. The molecule has 0 heterocycles. The zero-order valence-electron chi connectivity index (χ0n) is 13.3. The summed E-state index contributed by atoms with van der Waals surface area (Å²) in [5.41, 5.74) is 0. The first-order chi connectivity index (χ1) is 10.3. The lowest BCUT2D eigenvalue weighted by atomic mass is 10.2. The first kappa shape index (κ1) is 19.9. The first-order valence-electron chi connectivity index (χ1n) is 7.61. The van der Waals surface area contributed by atoms with Crippen molar-refractivity contribution in [1.82, 2.24) is 4.72 Å². The minimum Gasteiger partial charge on any atom is -0.335 e. The Morgan fingerprint density at radius 3 is 2.50 bits per heavy atom. The van der Waals surface area contributed by atoms with Crippen molar-refractivity contribution < 1.29 is 13.3 Å². The van der Waals surface area contributed by atoms with Gasteiger partial charge in [0.1, 0.15) is 4.90 Å². The van der Waals surface area contributed by atoms with Gasteiger partial charge < -0.3 is 4.90 Å². The number of sulfonamides is 1. The highest BCUT2D eigenvalue weighted by molar-refractivity contribution is 9.10. The number of rotatable bonds is 9. The van der Waals surface area contributed by atoms with Gasteiger partial charge in [0.05, 0.1) is 24.7 Å². The molecule has 0 saturated carbocycles. The minimum absolute atomic E-state index is 0.111. The number of benzene rings is 1. The smallest absolute Gasteiger partial charge is 0.242 e. The molecule has 0 aliphatic rings. The number of hydrogen-bond acceptors (Lipinski definition) is 2. The second kappa shape index (κ2) is 9.23. The van der Waals surface area contributed by atoms with Gasteiger partial charge >= 0.3 is 0 Å². The molecule has 0 aliphatic carbocycles. The molecule has 7 heteroatoms. The third-order valence-corrected chi connectivity index (χ3v) is 6.27. The molecule has 1 rings (SSSR count). The van der Waals surface area contributed by atoms with Gasteiger partial charge in [0.2, 0.25) is 10.0 Å². The number of halogens is 2. The lowest BCUT2D eigenvalue weighted by Crippen LogP contribution is -3.11. The molecule has 0 bridgehead atoms. The minimum atomic E-state index is -3.58. The molecule has 0 spiro atoms. The molecule has 2 N–H and O–H groups in total. The van der Waals surface area contributed by atoms with Gasteiger partial charge in [0.15, 0.2) is 0 Å². The van der Waals surface area contributed by atoms with E-state index in [0.29, 0.717) is 0 Å². The molecule has 1 aromatic carbocycles. The molecule has 0 amide bonds. The maximum atomic E-state index is 12.4. The van der Waals surface area contributed by atoms with Crippen LogP contribution in [-0.4, -0.2) is 34.1 Å². The van der Waals surface area contributed by atoms with Gasteiger partial charge in [-0.1, -0.05) is 27.5 Å². The van der Waals surface area contributed by atoms with Crippen LogP contribution in [0.25, 0.3) is 0 Å². The molecule has 0 aliphatic heterocycles. The number of quaternary nitrogens is 1. The first-order valence-corrected chi connectivity index (χ1v) is 10.3. The summed E-state index contributed by atoms with van der Waals surface area (Å²) in [4.78, 5) is 1.66. The normalized spacial score (nSPS) is 13.5. The molecule has 0 saturated heterocycles. The van der Waals surface area contributed by atoms with Crippen molar-refractivity contribution in [3.05, 3.63) is 27.7 Å². The Morgan fingerprint density at radius 1 is 1.32 bits per heavy atom. The topological polar surface area (TPSA) is 50.6 Å². The van der Waals surface area contributed by atoms with Crippen molar-refractivity contribution in [2.75, 3.05) is 19.6 Å². The van der Waals surface area contributed by atoms with E-state index < -0.39 is 10.0 Å². The molecule has 1 atom stereocenters. The molecule has 22 heavy (non-hydrogen) atoms. The fraction of sp³-hybridized carbons (Fsp3) is 0.600. The van der Waals surface area contributed by atoms with Gasteiger partial charge in [0, 0.05) is 10.5 Å². The lowest BCUT2D eigenvalue weighted by Gasteiger charge is -2.18. The van der Waals surface area contributed by atoms with Gasteiger partial charge in [-0.2, -0.15) is 0 Å². The largest absolute Gasteiger partial charge is 0.335 e. The summed E-state index contributed by atoms with van der Waals surface area (Å²) in [6.45, 7) is 9.50. The zero-order valence-corrected chi connectivity index (χ0v) is 16.5. The van der Waals surface area contributed by atoms with Gasteiger partial charge in [-0.3, -0.25) is 0 Å². The van der Waals surface area contributed by atoms with Gasteiger partial charge in [-0.05, 0) is 51.8 Å². The average molecular weight is 413 g/mol. The molecule has 4 nitrogen and oxygen atoms in total. The van der Waals surface area contributed by atoms with Gasteiger partial charge in [-0.15, -0.1) is 0 Å². The Balaban J connectivity index is 2.60. The van der Waals surface area contributed by atoms with Crippen molar-refractivity contribution in [3.8, 4) is 0 Å². The number of nitrogens with one attached hydrogen (secondary N) is 2. The second-order valence-corrected chi connectivity index (χ2v) is 8.45. The third kappa shape index (κ3) is 6.16. The summed E-state index contributed by atoms with van der Waals surface area (Å²) in [5.74, 6) is 0. The Morgan fingerprint density at radius 2 is 1.95 bits per heavy atom. The van der Waals surface area contributed by atoms with Crippen LogP contribution in [0.2, 0.25) is 5.02 Å². The van der Waals surface area contributed by atoms with Gasteiger partial charge in [-0.25, -0.2) is 13.1 Å². The standard InChI is InChI=1S/C15H24BrClN2O2S/c1-4-19(5-2)10-6-7-12(3)18-22(20,21)15-9-8-13(16)11-14(15)17/h8-9,11-12,18H,4-7,10H2,1-3H3/p+1/t12-/m0/s1. The van der Waals surface area contributed by atoms with E-state index in [9.17, 15) is 8.42 Å². The summed E-state index contributed by atoms with van der Waals surface area (Å²) in [5, 5.41) is 0.224. The summed E-state index contributed by atoms with van der Waals surface area (Å²) in [7, 11) is -3.58. The molecule has 0 unspecified atom stereocenters. The van der Waals surface area contributed by atoms with E-state index in [4.69, 9.17) is 11.6 Å². The Kier molecular flexibility index (Phi) is 8.35. The fourth-order valence-electron chi connectivity index (χ4n) is 2.34. The maximum Gasteiger partial charge on any atom is 0.242 e. The third-order valence-electron chi connectivity index (χ3n) is 3.71. The van der Waals surface area contributed by atoms with Crippen LogP contribution in [0, 0.1) is 0 Å². The van der Waals surface area contributed by atoms with E-state index in [-0.39, 0.29) is 16.0 Å². The van der Waals surface area contributed by atoms with Crippen LogP contribution in [-0.2, 0) is 10.0 Å². The summed E-state index contributed by atoms with van der Waals surface area (Å²) in [6.07, 6.45) is 1.81. The SMILES string of the molecule is CC[NH+](CC)CCC[C@H](C)NS(=O)(=O)c1ccc(Br)cc1Cl. The van der Waals surface area contributed by atoms with Crippen LogP contribution in [0.3, 0.4) is 0 Å². The van der Waals surface area contributed by atoms with Crippen molar-refractivity contribution in [2.24, 2.45) is 0 Å². The summed E-state index contributed by atoms with van der Waals surface area (Å²) < 4.78 is 28.2. The van der Waals surface area contributed by atoms with E-state index in [1.54, 1.807) is 12.1 Å². The Labute approximate surface area is 147 Å². The van der Waals surface area contributed by atoms with Crippen LogP contribution in [0.5, 0.6) is 0 Å². The molecule has 0 radical (unpaired) electrons. The summed E-state index contributed by atoms with van der Waals surface area (Å²) >= 11 is 9.30. The average Bonchev–Trinajstić information content (AvgIpc) is 2.42. The highest BCUT2D eigenvalue weighted by Gasteiger charge is 2.20. The molecule has 0 fully saturated rings. The van der Waals surface area contributed by atoms with Crippen molar-refractivity contribution in [1.29, 1.82) is 0 Å². The van der Waals surface area contributed by atoms with E-state index in [2.05, 4.69) is 34.5 Å². The Hall–Kier alpha value is -0.140. The molecular weight excluding hydrogens is 388 g/mol. The van der Waals surface area contributed by atoms with E-state index in [1.165, 1.54) is 11.0 Å². The van der Waals surface area contributed by atoms with Crippen molar-refractivity contribution in [2.45, 2.75) is 44.6 Å². The summed E-state index contributed by atoms with van der Waals surface area (Å²) in [6, 6.07) is 4.67. The van der Waals surface area contributed by atoms with Crippen molar-refractivity contribution in [3.63, 3.8) is 0 Å².